The summed E-state index contributed by atoms with van der Waals surface area (Å²) in [4.78, 5) is 24.2. The normalized spacial score (nSPS) is 11.3. The van der Waals surface area contributed by atoms with Gasteiger partial charge in [0.05, 0.1) is 24.6 Å². The Morgan fingerprint density at radius 1 is 1.30 bits per heavy atom. The maximum absolute atomic E-state index is 12.3. The molecule has 30 heavy (non-hydrogen) atoms. The second-order valence-electron chi connectivity index (χ2n) is 7.64. The molecule has 3 rings (SSSR count). The number of amides is 1. The summed E-state index contributed by atoms with van der Waals surface area (Å²) in [6.07, 6.45) is 5.11. The number of nitrogens with one attached hydrogen (secondary N) is 1. The Balaban J connectivity index is 1.68. The van der Waals surface area contributed by atoms with Crippen molar-refractivity contribution in [3.8, 4) is 5.69 Å². The highest BCUT2D eigenvalue weighted by Gasteiger charge is 2.14. The van der Waals surface area contributed by atoms with E-state index in [0.717, 1.165) is 11.3 Å². The van der Waals surface area contributed by atoms with Crippen molar-refractivity contribution in [2.24, 2.45) is 7.05 Å². The molecule has 0 aliphatic carbocycles. The van der Waals surface area contributed by atoms with Crippen molar-refractivity contribution in [3.63, 3.8) is 0 Å². The Morgan fingerprint density at radius 2 is 2.10 bits per heavy atom. The van der Waals surface area contributed by atoms with Crippen LogP contribution in [0.5, 0.6) is 0 Å². The number of hydrogen-bond acceptors (Lipinski definition) is 6. The number of carbonyl (C=O) groups is 1. The molecule has 9 nitrogen and oxygen atoms in total. The van der Waals surface area contributed by atoms with Gasteiger partial charge in [0.2, 0.25) is 5.43 Å². The third kappa shape index (κ3) is 6.02. The van der Waals surface area contributed by atoms with Crippen LogP contribution in [-0.4, -0.2) is 43.0 Å². The smallest absolute Gasteiger partial charge is 0.411 e. The summed E-state index contributed by atoms with van der Waals surface area (Å²) in [6, 6.07) is 8.60. The molecule has 0 atom stereocenters. The van der Waals surface area contributed by atoms with E-state index in [2.05, 4.69) is 15.5 Å². The second kappa shape index (κ2) is 8.91. The second-order valence-corrected chi connectivity index (χ2v) is 7.64. The van der Waals surface area contributed by atoms with Gasteiger partial charge in [-0.1, -0.05) is 12.1 Å². The maximum atomic E-state index is 12.3. The average Bonchev–Trinajstić information content (AvgIpc) is 3.09. The fourth-order valence-electron chi connectivity index (χ4n) is 2.74. The number of aryl methyl sites for hydroxylation is 1. The fraction of sp³-hybridized carbons (Fsp3) is 0.333. The molecule has 1 aromatic carbocycles. The molecule has 3 aromatic rings. The molecule has 0 spiro atoms. The molecule has 0 unspecified atom stereocenters. The van der Waals surface area contributed by atoms with Crippen LogP contribution in [0.25, 0.3) is 5.69 Å². The third-order valence-corrected chi connectivity index (χ3v) is 4.33. The van der Waals surface area contributed by atoms with Crippen molar-refractivity contribution in [2.45, 2.75) is 32.3 Å². The predicted octanol–water partition coefficient (Wildman–Crippen LogP) is 2.27. The third-order valence-electron chi connectivity index (χ3n) is 4.33. The number of aromatic nitrogens is 4. The monoisotopic (exact) mass is 411 g/mol. The van der Waals surface area contributed by atoms with Gasteiger partial charge in [0.1, 0.15) is 11.4 Å². The van der Waals surface area contributed by atoms with Crippen LogP contribution in [0.3, 0.4) is 0 Å². The van der Waals surface area contributed by atoms with Crippen LogP contribution in [-0.2, 0) is 18.2 Å². The summed E-state index contributed by atoms with van der Waals surface area (Å²) in [5, 5.41) is 20.8. The highest BCUT2D eigenvalue weighted by molar-refractivity contribution is 5.84. The molecule has 2 N–H and O–H groups in total. The molecule has 2 heterocycles. The van der Waals surface area contributed by atoms with Gasteiger partial charge < -0.3 is 9.84 Å². The first-order valence-corrected chi connectivity index (χ1v) is 9.53. The van der Waals surface area contributed by atoms with Crippen molar-refractivity contribution >= 4 is 11.8 Å². The van der Waals surface area contributed by atoms with E-state index in [9.17, 15) is 14.7 Å². The Labute approximate surface area is 173 Å². The minimum absolute atomic E-state index is 0.108. The first kappa shape index (κ1) is 21.3. The van der Waals surface area contributed by atoms with Gasteiger partial charge in [0.25, 0.3) is 0 Å². The van der Waals surface area contributed by atoms with Crippen molar-refractivity contribution in [3.05, 3.63) is 70.4 Å². The van der Waals surface area contributed by atoms with Gasteiger partial charge in [-0.25, -0.2) is 9.48 Å². The fourth-order valence-corrected chi connectivity index (χ4v) is 2.74. The molecule has 0 saturated heterocycles. The zero-order chi connectivity index (χ0) is 21.7. The first-order chi connectivity index (χ1) is 14.2. The summed E-state index contributed by atoms with van der Waals surface area (Å²) in [7, 11) is 1.81. The highest BCUT2D eigenvalue weighted by Crippen LogP contribution is 2.14. The van der Waals surface area contributed by atoms with Gasteiger partial charge in [-0.05, 0) is 31.5 Å². The molecule has 0 bridgehead atoms. The topological polar surface area (TPSA) is 111 Å². The number of ether oxygens (including phenoxy) is 1. The van der Waals surface area contributed by atoms with Crippen LogP contribution in [0.4, 0.5) is 10.5 Å². The molecule has 2 aromatic heterocycles. The Bertz CT molecular complexity index is 1080. The average molecular weight is 411 g/mol. The highest BCUT2D eigenvalue weighted by atomic mass is 16.5. The SMILES string of the molecule is Cn1cc(-n2ccc(=O)c(Cc3cccc(NC(=O)OCCC(C)(C)O)c3)n2)cn1. The number of hydrogen-bond donors (Lipinski definition) is 2. The standard InChI is InChI=1S/C21H25N5O4/c1-21(2,29)8-10-30-20(28)23-16-6-4-5-15(11-16)12-18-19(27)7-9-26(24-18)17-13-22-25(3)14-17/h4-7,9,11,13-14,29H,8,10,12H2,1-3H3,(H,23,28). The minimum Gasteiger partial charge on any atom is -0.449 e. The molecular weight excluding hydrogens is 386 g/mol. The van der Waals surface area contributed by atoms with Crippen LogP contribution < -0.4 is 10.7 Å². The number of aliphatic hydroxyl groups is 1. The zero-order valence-corrected chi connectivity index (χ0v) is 17.2. The van der Waals surface area contributed by atoms with E-state index >= 15 is 0 Å². The van der Waals surface area contributed by atoms with E-state index in [0.29, 0.717) is 24.2 Å². The number of nitrogens with zero attached hydrogens (tertiary/aromatic N) is 4. The quantitative estimate of drug-likeness (QED) is 0.617. The lowest BCUT2D eigenvalue weighted by molar-refractivity contribution is 0.0469. The lowest BCUT2D eigenvalue weighted by Crippen LogP contribution is -2.23. The molecule has 0 aliphatic heterocycles. The first-order valence-electron chi connectivity index (χ1n) is 9.53. The summed E-state index contributed by atoms with van der Waals surface area (Å²) in [5.74, 6) is 0. The molecule has 158 valence electrons. The van der Waals surface area contributed by atoms with Crippen LogP contribution in [0, 0.1) is 0 Å². The van der Waals surface area contributed by atoms with Gasteiger partial charge >= 0.3 is 6.09 Å². The van der Waals surface area contributed by atoms with Crippen molar-refractivity contribution in [1.29, 1.82) is 0 Å². The Kier molecular flexibility index (Phi) is 6.31. The van der Waals surface area contributed by atoms with Gasteiger partial charge in [-0.3, -0.25) is 14.8 Å². The molecule has 1 amide bonds. The lowest BCUT2D eigenvalue weighted by atomic mass is 10.1. The number of benzene rings is 1. The molecule has 0 radical (unpaired) electrons. The van der Waals surface area contributed by atoms with Crippen molar-refractivity contribution in [2.75, 3.05) is 11.9 Å². The zero-order valence-electron chi connectivity index (χ0n) is 17.2. The summed E-state index contributed by atoms with van der Waals surface area (Å²) in [6.45, 7) is 3.41. The summed E-state index contributed by atoms with van der Waals surface area (Å²) < 4.78 is 8.34. The van der Waals surface area contributed by atoms with Crippen molar-refractivity contribution < 1.29 is 14.6 Å². The number of anilines is 1. The Morgan fingerprint density at radius 3 is 2.80 bits per heavy atom. The minimum atomic E-state index is -0.897. The van der Waals surface area contributed by atoms with Gasteiger partial charge in [-0.2, -0.15) is 10.2 Å². The molecule has 0 fully saturated rings. The van der Waals surface area contributed by atoms with Crippen LogP contribution in [0.1, 0.15) is 31.5 Å². The van der Waals surface area contributed by atoms with Gasteiger partial charge in [-0.15, -0.1) is 0 Å². The van der Waals surface area contributed by atoms with E-state index < -0.39 is 11.7 Å². The van der Waals surface area contributed by atoms with E-state index in [1.807, 2.05) is 6.07 Å². The van der Waals surface area contributed by atoms with Crippen LogP contribution >= 0.6 is 0 Å². The molecule has 0 aliphatic rings. The molecule has 0 saturated carbocycles. The van der Waals surface area contributed by atoms with E-state index in [-0.39, 0.29) is 12.0 Å². The van der Waals surface area contributed by atoms with Crippen molar-refractivity contribution in [1.82, 2.24) is 19.6 Å². The maximum Gasteiger partial charge on any atom is 0.411 e. The van der Waals surface area contributed by atoms with E-state index in [1.54, 1.807) is 67.0 Å². The van der Waals surface area contributed by atoms with E-state index in [1.165, 1.54) is 6.07 Å². The van der Waals surface area contributed by atoms with E-state index in [4.69, 9.17) is 4.74 Å². The lowest BCUT2D eigenvalue weighted by Gasteiger charge is -2.16. The van der Waals surface area contributed by atoms with Crippen LogP contribution in [0.15, 0.2) is 53.7 Å². The number of rotatable bonds is 7. The van der Waals surface area contributed by atoms with Gasteiger partial charge in [0, 0.05) is 37.8 Å². The molecular formula is C21H25N5O4. The largest absolute Gasteiger partial charge is 0.449 e. The van der Waals surface area contributed by atoms with Gasteiger partial charge in [0.15, 0.2) is 0 Å². The Hall–Kier alpha value is -3.46. The number of carbonyl (C=O) groups excluding carboxylic acids is 1. The predicted molar refractivity (Wildman–Crippen MR) is 112 cm³/mol. The summed E-state index contributed by atoms with van der Waals surface area (Å²) >= 11 is 0. The van der Waals surface area contributed by atoms with Crippen LogP contribution in [0.2, 0.25) is 0 Å². The summed E-state index contributed by atoms with van der Waals surface area (Å²) in [5.41, 5.74) is 1.43. The molecule has 9 heteroatoms.